The van der Waals surface area contributed by atoms with Gasteiger partial charge in [0.05, 0.1) is 17.1 Å². The highest BCUT2D eigenvalue weighted by Crippen LogP contribution is 2.33. The highest BCUT2D eigenvalue weighted by molar-refractivity contribution is 6.31. The van der Waals surface area contributed by atoms with E-state index in [0.717, 1.165) is 12.8 Å². The number of hydrogen-bond acceptors (Lipinski definition) is 3. The molecule has 1 aromatic rings. The van der Waals surface area contributed by atoms with Crippen LogP contribution in [0.1, 0.15) is 19.3 Å². The molecule has 1 aliphatic heterocycles. The Bertz CT molecular complexity index is 560. The molecule has 1 saturated carbocycles. The van der Waals surface area contributed by atoms with Gasteiger partial charge in [0.2, 0.25) is 5.91 Å². The molecule has 2 amide bonds. The van der Waals surface area contributed by atoms with Crippen LogP contribution in [0.2, 0.25) is 5.02 Å². The van der Waals surface area contributed by atoms with Crippen LogP contribution in [0.25, 0.3) is 0 Å². The Morgan fingerprint density at radius 2 is 2.05 bits per heavy atom. The molecule has 0 radical (unpaired) electrons. The molecule has 3 rings (SSSR count). The Morgan fingerprint density at radius 3 is 2.74 bits per heavy atom. The summed E-state index contributed by atoms with van der Waals surface area (Å²) in [6, 6.07) is 3.88. The van der Waals surface area contributed by atoms with Crippen molar-refractivity contribution in [2.24, 2.45) is 0 Å². The number of imide groups is 1. The molecule has 1 aliphatic carbocycles. The van der Waals surface area contributed by atoms with Crippen molar-refractivity contribution in [1.82, 2.24) is 4.90 Å². The van der Waals surface area contributed by atoms with Crippen molar-refractivity contribution in [3.63, 3.8) is 0 Å². The Balaban J connectivity index is 1.79. The average molecular weight is 283 g/mol. The lowest BCUT2D eigenvalue weighted by Gasteiger charge is -2.15. The van der Waals surface area contributed by atoms with Gasteiger partial charge in [0.15, 0.2) is 5.82 Å². The molecule has 0 aromatic heterocycles. The zero-order valence-electron chi connectivity index (χ0n) is 10.0. The zero-order valence-corrected chi connectivity index (χ0v) is 10.8. The zero-order chi connectivity index (χ0) is 13.6. The smallest absolute Gasteiger partial charge is 0.252 e. The molecule has 6 heteroatoms. The van der Waals surface area contributed by atoms with Gasteiger partial charge in [0.1, 0.15) is 6.04 Å². The van der Waals surface area contributed by atoms with E-state index in [-0.39, 0.29) is 35.0 Å². The summed E-state index contributed by atoms with van der Waals surface area (Å²) in [4.78, 5) is 25.2. The fourth-order valence-electron chi connectivity index (χ4n) is 2.28. The molecule has 0 spiro atoms. The van der Waals surface area contributed by atoms with Crippen molar-refractivity contribution in [2.75, 3.05) is 5.32 Å². The normalized spacial score (nSPS) is 23.1. The number of carbonyl (C=O) groups is 2. The number of amides is 2. The number of halogens is 2. The number of likely N-dealkylation sites (tertiary alicyclic amines) is 1. The van der Waals surface area contributed by atoms with Crippen LogP contribution < -0.4 is 5.32 Å². The van der Waals surface area contributed by atoms with E-state index < -0.39 is 11.9 Å². The van der Waals surface area contributed by atoms with E-state index in [1.165, 1.54) is 17.0 Å². The fraction of sp³-hybridized carbons (Fsp3) is 0.385. The fourth-order valence-corrected chi connectivity index (χ4v) is 2.46. The van der Waals surface area contributed by atoms with Crippen LogP contribution in [0.15, 0.2) is 18.2 Å². The van der Waals surface area contributed by atoms with Gasteiger partial charge in [-0.05, 0) is 25.0 Å². The minimum atomic E-state index is -0.693. The first kappa shape index (κ1) is 12.4. The predicted octanol–water partition coefficient (Wildman–Crippen LogP) is 2.18. The summed E-state index contributed by atoms with van der Waals surface area (Å²) in [5, 5.41) is 2.76. The van der Waals surface area contributed by atoms with E-state index in [1.807, 2.05) is 0 Å². The highest BCUT2D eigenvalue weighted by atomic mass is 35.5. The third kappa shape index (κ3) is 2.18. The van der Waals surface area contributed by atoms with Gasteiger partial charge < -0.3 is 5.32 Å². The van der Waals surface area contributed by atoms with Crippen molar-refractivity contribution in [3.05, 3.63) is 29.0 Å². The number of anilines is 1. The number of carbonyl (C=O) groups excluding carboxylic acids is 2. The second-order valence-electron chi connectivity index (χ2n) is 4.84. The van der Waals surface area contributed by atoms with Crippen molar-refractivity contribution in [2.45, 2.75) is 31.3 Å². The molecule has 1 atom stereocenters. The third-order valence-corrected chi connectivity index (χ3v) is 3.67. The molecule has 2 fully saturated rings. The summed E-state index contributed by atoms with van der Waals surface area (Å²) in [6.07, 6.45) is 1.81. The Labute approximate surface area is 114 Å². The van der Waals surface area contributed by atoms with Gasteiger partial charge in [-0.3, -0.25) is 14.5 Å². The second kappa shape index (κ2) is 4.49. The summed E-state index contributed by atoms with van der Waals surface area (Å²) in [5.41, 5.74) is 0.149. The maximum atomic E-state index is 13.7. The molecular weight excluding hydrogens is 271 g/mol. The van der Waals surface area contributed by atoms with Crippen molar-refractivity contribution in [3.8, 4) is 0 Å². The summed E-state index contributed by atoms with van der Waals surface area (Å²) in [5.74, 6) is -1.06. The van der Waals surface area contributed by atoms with Crippen molar-refractivity contribution < 1.29 is 14.0 Å². The molecule has 4 nitrogen and oxygen atoms in total. The van der Waals surface area contributed by atoms with Crippen LogP contribution in [0.4, 0.5) is 10.1 Å². The maximum absolute atomic E-state index is 13.7. The van der Waals surface area contributed by atoms with E-state index in [1.54, 1.807) is 6.07 Å². The monoisotopic (exact) mass is 282 g/mol. The minimum absolute atomic E-state index is 0.0131. The standard InChI is InChI=1S/C13H12ClFN2O2/c14-8-2-1-3-9(12(8)15)16-10-6-11(18)17(13(10)19)7-4-5-7/h1-3,7,10,16H,4-6H2. The summed E-state index contributed by atoms with van der Waals surface area (Å²) < 4.78 is 13.7. The summed E-state index contributed by atoms with van der Waals surface area (Å²) in [6.45, 7) is 0. The van der Waals surface area contributed by atoms with Crippen molar-refractivity contribution >= 4 is 29.1 Å². The SMILES string of the molecule is O=C1CC(Nc2cccc(Cl)c2F)C(=O)N1C1CC1. The van der Waals surface area contributed by atoms with Crippen LogP contribution in [0.3, 0.4) is 0 Å². The summed E-state index contributed by atoms with van der Waals surface area (Å²) in [7, 11) is 0. The Kier molecular flexibility index (Phi) is 2.93. The van der Waals surface area contributed by atoms with Crippen LogP contribution in [0, 0.1) is 5.82 Å². The van der Waals surface area contributed by atoms with E-state index >= 15 is 0 Å². The van der Waals surface area contributed by atoms with E-state index in [2.05, 4.69) is 5.32 Å². The lowest BCUT2D eigenvalue weighted by atomic mass is 10.2. The molecule has 1 saturated heterocycles. The van der Waals surface area contributed by atoms with Gasteiger partial charge in [0, 0.05) is 6.04 Å². The second-order valence-corrected chi connectivity index (χ2v) is 5.24. The lowest BCUT2D eigenvalue weighted by Crippen LogP contribution is -2.36. The molecule has 1 unspecified atom stereocenters. The molecule has 0 bridgehead atoms. The van der Waals surface area contributed by atoms with E-state index in [4.69, 9.17) is 11.6 Å². The van der Waals surface area contributed by atoms with E-state index in [9.17, 15) is 14.0 Å². The Hall–Kier alpha value is -1.62. The molecule has 1 N–H and O–H groups in total. The molecule has 19 heavy (non-hydrogen) atoms. The number of hydrogen-bond donors (Lipinski definition) is 1. The molecule has 2 aliphatic rings. The number of rotatable bonds is 3. The highest BCUT2D eigenvalue weighted by Gasteiger charge is 2.46. The van der Waals surface area contributed by atoms with E-state index in [0.29, 0.717) is 0 Å². The molecule has 1 aromatic carbocycles. The van der Waals surface area contributed by atoms with Crippen LogP contribution in [-0.4, -0.2) is 28.8 Å². The van der Waals surface area contributed by atoms with Crippen LogP contribution in [-0.2, 0) is 9.59 Å². The summed E-state index contributed by atoms with van der Waals surface area (Å²) >= 11 is 5.68. The van der Waals surface area contributed by atoms with Gasteiger partial charge in [-0.2, -0.15) is 0 Å². The minimum Gasteiger partial charge on any atom is -0.371 e. The van der Waals surface area contributed by atoms with Gasteiger partial charge >= 0.3 is 0 Å². The first-order valence-electron chi connectivity index (χ1n) is 6.14. The quantitative estimate of drug-likeness (QED) is 0.865. The average Bonchev–Trinajstić information content (AvgIpc) is 3.14. The predicted molar refractivity (Wildman–Crippen MR) is 68.3 cm³/mol. The van der Waals surface area contributed by atoms with Crippen molar-refractivity contribution in [1.29, 1.82) is 0 Å². The number of benzene rings is 1. The third-order valence-electron chi connectivity index (χ3n) is 3.38. The van der Waals surface area contributed by atoms with Gasteiger partial charge in [-0.15, -0.1) is 0 Å². The van der Waals surface area contributed by atoms with Gasteiger partial charge in [0.25, 0.3) is 5.91 Å². The number of nitrogens with one attached hydrogen (secondary N) is 1. The Morgan fingerprint density at radius 1 is 1.32 bits per heavy atom. The largest absolute Gasteiger partial charge is 0.371 e. The first-order chi connectivity index (χ1) is 9.08. The molecular formula is C13H12ClFN2O2. The molecule has 100 valence electrons. The lowest BCUT2D eigenvalue weighted by molar-refractivity contribution is -0.139. The van der Waals surface area contributed by atoms with Gasteiger partial charge in [-0.1, -0.05) is 17.7 Å². The first-order valence-corrected chi connectivity index (χ1v) is 6.52. The van der Waals surface area contributed by atoms with Crippen LogP contribution >= 0.6 is 11.6 Å². The van der Waals surface area contributed by atoms with Crippen LogP contribution in [0.5, 0.6) is 0 Å². The molecule has 1 heterocycles. The maximum Gasteiger partial charge on any atom is 0.252 e. The van der Waals surface area contributed by atoms with Gasteiger partial charge in [-0.25, -0.2) is 4.39 Å². The number of nitrogens with zero attached hydrogens (tertiary/aromatic N) is 1. The topological polar surface area (TPSA) is 49.4 Å².